The second kappa shape index (κ2) is 9.74. The molecule has 2 aromatic carbocycles. The Labute approximate surface area is 208 Å². The number of aromatic nitrogens is 3. The molecule has 2 aromatic heterocycles. The molecule has 0 spiro atoms. The molecule has 0 atom stereocenters. The summed E-state index contributed by atoms with van der Waals surface area (Å²) in [6.07, 6.45) is 2.55. The number of nitrogens with one attached hydrogen (secondary N) is 1. The van der Waals surface area contributed by atoms with Gasteiger partial charge in [-0.2, -0.15) is 10.2 Å². The van der Waals surface area contributed by atoms with Crippen LogP contribution in [0.2, 0.25) is 0 Å². The van der Waals surface area contributed by atoms with Crippen LogP contribution in [0.5, 0.6) is 5.75 Å². The van der Waals surface area contributed by atoms with Crippen molar-refractivity contribution < 1.29 is 18.8 Å². The first-order valence-electron chi connectivity index (χ1n) is 12.0. The summed E-state index contributed by atoms with van der Waals surface area (Å²) in [6, 6.07) is 16.0. The highest BCUT2D eigenvalue weighted by molar-refractivity contribution is 5.96. The first-order valence-corrected chi connectivity index (χ1v) is 12.0. The molecule has 36 heavy (non-hydrogen) atoms. The Kier molecular flexibility index (Phi) is 6.34. The smallest absolute Gasteiger partial charge is 0.411 e. The van der Waals surface area contributed by atoms with Crippen LogP contribution < -0.4 is 10.1 Å². The number of fused-ring (bicyclic) bond motifs is 1. The summed E-state index contributed by atoms with van der Waals surface area (Å²) < 4.78 is 18.4. The minimum absolute atomic E-state index is 0.193. The molecule has 5 rings (SSSR count). The Bertz CT molecular complexity index is 1440. The predicted molar refractivity (Wildman–Crippen MR) is 134 cm³/mol. The summed E-state index contributed by atoms with van der Waals surface area (Å²) in [5.41, 5.74) is 3.98. The monoisotopic (exact) mass is 485 g/mol. The van der Waals surface area contributed by atoms with Gasteiger partial charge in [-0.1, -0.05) is 17.3 Å². The fraction of sp³-hybridized carbons (Fsp3) is 0.333. The molecule has 1 aliphatic rings. The zero-order valence-electron chi connectivity index (χ0n) is 20.4. The summed E-state index contributed by atoms with van der Waals surface area (Å²) in [4.78, 5) is 16.1. The Balaban J connectivity index is 1.50. The van der Waals surface area contributed by atoms with E-state index in [1.54, 1.807) is 20.8 Å². The molecule has 0 saturated heterocycles. The lowest BCUT2D eigenvalue weighted by Gasteiger charge is -2.30. The van der Waals surface area contributed by atoms with Crippen LogP contribution in [0.15, 0.2) is 47.0 Å². The number of rotatable bonds is 7. The zero-order chi connectivity index (χ0) is 25.2. The summed E-state index contributed by atoms with van der Waals surface area (Å²) >= 11 is 0. The Morgan fingerprint density at radius 3 is 2.64 bits per heavy atom. The minimum atomic E-state index is -0.498. The highest BCUT2D eigenvalue weighted by Crippen LogP contribution is 2.43. The van der Waals surface area contributed by atoms with Gasteiger partial charge in [-0.3, -0.25) is 5.32 Å². The van der Waals surface area contributed by atoms with Crippen molar-refractivity contribution in [1.82, 2.24) is 14.7 Å². The van der Waals surface area contributed by atoms with Gasteiger partial charge in [0.15, 0.2) is 6.61 Å². The van der Waals surface area contributed by atoms with Crippen LogP contribution in [0.4, 0.5) is 10.5 Å². The quantitative estimate of drug-likeness (QED) is 0.335. The maximum Gasteiger partial charge on any atom is 0.411 e. The van der Waals surface area contributed by atoms with Crippen molar-refractivity contribution >= 4 is 22.7 Å². The van der Waals surface area contributed by atoms with Crippen LogP contribution in [0, 0.1) is 18.3 Å². The maximum atomic E-state index is 12.0. The third kappa shape index (κ3) is 4.62. The molecule has 2 heterocycles. The van der Waals surface area contributed by atoms with Crippen molar-refractivity contribution in [2.45, 2.75) is 58.8 Å². The highest BCUT2D eigenvalue weighted by atomic mass is 16.6. The minimum Gasteiger partial charge on any atom is -0.485 e. The van der Waals surface area contributed by atoms with Crippen molar-refractivity contribution in [1.29, 1.82) is 5.26 Å². The molecule has 0 unspecified atom stereocenters. The number of nitriles is 1. The van der Waals surface area contributed by atoms with Gasteiger partial charge < -0.3 is 18.6 Å². The fourth-order valence-corrected chi connectivity index (χ4v) is 4.42. The fourth-order valence-electron chi connectivity index (χ4n) is 4.42. The van der Waals surface area contributed by atoms with E-state index in [1.807, 2.05) is 42.5 Å². The number of anilines is 1. The molecular formula is C27H27N5O4. The van der Waals surface area contributed by atoms with E-state index >= 15 is 0 Å². The van der Waals surface area contributed by atoms with Crippen LogP contribution >= 0.6 is 0 Å². The lowest BCUT2D eigenvalue weighted by atomic mass is 9.92. The standard InChI is InChI=1S/C27H27N5O4/c1-16(2)35-27(33)30-19-9-7-18(8-10-19)26-23(14-28)22-12-11-21(34-15-25-29-17(3)36-31-25)13-24(22)32(26)20-5-4-6-20/h7-13,16,20H,4-6,15H2,1-3H3,(H,30,33). The van der Waals surface area contributed by atoms with Gasteiger partial charge in [0.2, 0.25) is 11.7 Å². The van der Waals surface area contributed by atoms with Gasteiger partial charge in [-0.15, -0.1) is 0 Å². The van der Waals surface area contributed by atoms with Gasteiger partial charge in [0.1, 0.15) is 11.8 Å². The van der Waals surface area contributed by atoms with Crippen LogP contribution in [-0.4, -0.2) is 26.9 Å². The normalized spacial score (nSPS) is 13.4. The van der Waals surface area contributed by atoms with Gasteiger partial charge in [0.05, 0.1) is 22.9 Å². The predicted octanol–water partition coefficient (Wildman–Crippen LogP) is 6.13. The van der Waals surface area contributed by atoms with E-state index in [-0.39, 0.29) is 12.7 Å². The van der Waals surface area contributed by atoms with Crippen LogP contribution in [0.1, 0.15) is 56.4 Å². The van der Waals surface area contributed by atoms with Gasteiger partial charge >= 0.3 is 6.09 Å². The lowest BCUT2D eigenvalue weighted by Crippen LogP contribution is -2.18. The van der Waals surface area contributed by atoms with Gasteiger partial charge in [-0.25, -0.2) is 4.79 Å². The molecular weight excluding hydrogens is 458 g/mol. The van der Waals surface area contributed by atoms with Crippen molar-refractivity contribution in [2.75, 3.05) is 5.32 Å². The zero-order valence-corrected chi connectivity index (χ0v) is 20.4. The van der Waals surface area contributed by atoms with Crippen molar-refractivity contribution in [3.05, 3.63) is 59.7 Å². The van der Waals surface area contributed by atoms with Crippen LogP contribution in [0.3, 0.4) is 0 Å². The van der Waals surface area contributed by atoms with Gasteiger partial charge in [-0.05, 0) is 62.9 Å². The Morgan fingerprint density at radius 1 is 1.25 bits per heavy atom. The number of nitrogens with zero attached hydrogens (tertiary/aromatic N) is 4. The lowest BCUT2D eigenvalue weighted by molar-refractivity contribution is 0.130. The maximum absolute atomic E-state index is 12.0. The molecule has 9 nitrogen and oxygen atoms in total. The Morgan fingerprint density at radius 2 is 2.03 bits per heavy atom. The number of carbonyl (C=O) groups excluding carboxylic acids is 1. The van der Waals surface area contributed by atoms with Crippen molar-refractivity contribution in [3.8, 4) is 23.1 Å². The first kappa shape index (κ1) is 23.4. The van der Waals surface area contributed by atoms with E-state index in [1.165, 1.54) is 0 Å². The number of amides is 1. The number of hydrogen-bond acceptors (Lipinski definition) is 7. The van der Waals surface area contributed by atoms with Gasteiger partial charge in [0.25, 0.3) is 0 Å². The molecule has 0 aliphatic heterocycles. The summed E-state index contributed by atoms with van der Waals surface area (Å²) in [5.74, 6) is 1.64. The van der Waals surface area contributed by atoms with Crippen molar-refractivity contribution in [2.24, 2.45) is 0 Å². The second-order valence-electron chi connectivity index (χ2n) is 9.14. The third-order valence-corrected chi connectivity index (χ3v) is 6.21. The van der Waals surface area contributed by atoms with Gasteiger partial charge in [0, 0.05) is 30.1 Å². The van der Waals surface area contributed by atoms with E-state index in [4.69, 9.17) is 14.0 Å². The molecule has 1 N–H and O–H groups in total. The summed E-state index contributed by atoms with van der Waals surface area (Å²) in [7, 11) is 0. The average molecular weight is 486 g/mol. The average Bonchev–Trinajstić information content (AvgIpc) is 3.37. The number of hydrogen-bond donors (Lipinski definition) is 1. The molecule has 0 bridgehead atoms. The molecule has 0 radical (unpaired) electrons. The van der Waals surface area contributed by atoms with E-state index in [9.17, 15) is 10.1 Å². The number of carbonyl (C=O) groups is 1. The molecule has 184 valence electrons. The van der Waals surface area contributed by atoms with E-state index in [0.717, 1.165) is 41.4 Å². The summed E-state index contributed by atoms with van der Waals surface area (Å²) in [5, 5.41) is 17.6. The third-order valence-electron chi connectivity index (χ3n) is 6.21. The first-order chi connectivity index (χ1) is 17.4. The largest absolute Gasteiger partial charge is 0.485 e. The SMILES string of the molecule is Cc1nc(COc2ccc3c(C#N)c(-c4ccc(NC(=O)OC(C)C)cc4)n(C4CCC4)c3c2)no1. The molecule has 1 aliphatic carbocycles. The Hall–Kier alpha value is -4.32. The second-order valence-corrected chi connectivity index (χ2v) is 9.14. The van der Waals surface area contributed by atoms with E-state index < -0.39 is 6.09 Å². The molecule has 1 saturated carbocycles. The molecule has 4 aromatic rings. The van der Waals surface area contributed by atoms with Crippen molar-refractivity contribution in [3.63, 3.8) is 0 Å². The topological polar surface area (TPSA) is 115 Å². The van der Waals surface area contributed by atoms with E-state index in [2.05, 4.69) is 26.1 Å². The van der Waals surface area contributed by atoms with Crippen LogP contribution in [-0.2, 0) is 11.3 Å². The molecule has 9 heteroatoms. The molecule has 1 amide bonds. The molecule has 1 fully saturated rings. The van der Waals surface area contributed by atoms with E-state index in [0.29, 0.717) is 34.8 Å². The number of ether oxygens (including phenoxy) is 2. The number of benzene rings is 2. The van der Waals surface area contributed by atoms with Crippen LogP contribution in [0.25, 0.3) is 22.2 Å². The number of aryl methyl sites for hydroxylation is 1. The summed E-state index contributed by atoms with van der Waals surface area (Å²) in [6.45, 7) is 5.53. The highest BCUT2D eigenvalue weighted by Gasteiger charge is 2.28.